The van der Waals surface area contributed by atoms with Crippen LogP contribution in [0.5, 0.6) is 0 Å². The lowest BCUT2D eigenvalue weighted by atomic mass is 9.94. The summed E-state index contributed by atoms with van der Waals surface area (Å²) in [6, 6.07) is 16.5. The Morgan fingerprint density at radius 2 is 1.75 bits per heavy atom. The first kappa shape index (κ1) is 27.1. The summed E-state index contributed by atoms with van der Waals surface area (Å²) >= 11 is 0. The predicted octanol–water partition coefficient (Wildman–Crippen LogP) is 2.06. The average molecular weight is 544 g/mol. The maximum atomic E-state index is 13.6. The molecule has 3 aromatic rings. The molecule has 40 heavy (non-hydrogen) atoms. The molecule has 0 saturated carbocycles. The Labute approximate surface area is 231 Å². The zero-order valence-electron chi connectivity index (χ0n) is 22.2. The number of fused-ring (bicyclic) bond motifs is 1. The zero-order chi connectivity index (χ0) is 28.1. The molecular weight excluding hydrogens is 510 g/mol. The number of likely N-dealkylation sites (tertiary alicyclic amines) is 1. The molecule has 4 amide bonds. The Morgan fingerprint density at radius 1 is 0.975 bits per heavy atom. The van der Waals surface area contributed by atoms with Gasteiger partial charge in [0, 0.05) is 36.5 Å². The Morgan fingerprint density at radius 3 is 2.50 bits per heavy atom. The molecule has 3 heterocycles. The van der Waals surface area contributed by atoms with Crippen molar-refractivity contribution in [3.05, 3.63) is 71.9 Å². The number of ketones is 1. The summed E-state index contributed by atoms with van der Waals surface area (Å²) in [6.45, 7) is 1.03. The van der Waals surface area contributed by atoms with Crippen LogP contribution in [0.3, 0.4) is 0 Å². The average Bonchev–Trinajstić information content (AvgIpc) is 3.61. The summed E-state index contributed by atoms with van der Waals surface area (Å²) in [5.41, 5.74) is 2.04. The van der Waals surface area contributed by atoms with Crippen molar-refractivity contribution in [2.45, 2.75) is 50.7 Å². The van der Waals surface area contributed by atoms with Crippen LogP contribution in [0.1, 0.15) is 48.2 Å². The van der Waals surface area contributed by atoms with Crippen molar-refractivity contribution in [3.8, 4) is 0 Å². The molecule has 5 rings (SSSR count). The van der Waals surface area contributed by atoms with Gasteiger partial charge in [-0.25, -0.2) is 0 Å². The van der Waals surface area contributed by atoms with Crippen molar-refractivity contribution in [1.29, 1.82) is 0 Å². The summed E-state index contributed by atoms with van der Waals surface area (Å²) in [5.74, 6) is -3.14. The Kier molecular flexibility index (Phi) is 8.23. The Bertz CT molecular complexity index is 1390. The minimum Gasteiger partial charge on any atom is -0.356 e. The van der Waals surface area contributed by atoms with Gasteiger partial charge in [-0.2, -0.15) is 0 Å². The summed E-state index contributed by atoms with van der Waals surface area (Å²) in [7, 11) is 0. The van der Waals surface area contributed by atoms with Crippen molar-refractivity contribution in [1.82, 2.24) is 25.8 Å². The third-order valence-electron chi connectivity index (χ3n) is 7.66. The number of nitrogens with zero attached hydrogens (tertiary/aromatic N) is 1. The third-order valence-corrected chi connectivity index (χ3v) is 7.66. The highest BCUT2D eigenvalue weighted by atomic mass is 16.2. The number of Topliss-reactive ketones (excluding diaryl/α,β-unsaturated/α-hetero) is 1. The lowest BCUT2D eigenvalue weighted by Crippen LogP contribution is -2.56. The van der Waals surface area contributed by atoms with Crippen LogP contribution < -0.4 is 16.0 Å². The number of nitrogens with one attached hydrogen (secondary N) is 4. The quantitative estimate of drug-likeness (QED) is 0.306. The fraction of sp³-hybridized carbons (Fsp3) is 0.367. The van der Waals surface area contributed by atoms with Gasteiger partial charge in [0.25, 0.3) is 11.8 Å². The molecule has 208 valence electrons. The molecule has 2 unspecified atom stereocenters. The van der Waals surface area contributed by atoms with E-state index in [0.29, 0.717) is 31.6 Å². The van der Waals surface area contributed by atoms with Crippen molar-refractivity contribution >= 4 is 40.3 Å². The molecule has 2 fully saturated rings. The molecule has 0 radical (unpaired) electrons. The number of aromatic nitrogens is 1. The van der Waals surface area contributed by atoms with E-state index in [9.17, 15) is 24.0 Å². The number of para-hydroxylation sites is 1. The van der Waals surface area contributed by atoms with Crippen LogP contribution >= 0.6 is 0 Å². The second-order valence-corrected chi connectivity index (χ2v) is 10.4. The smallest absolute Gasteiger partial charge is 0.289 e. The predicted molar refractivity (Wildman–Crippen MR) is 148 cm³/mol. The number of H-pyrrole nitrogens is 1. The molecule has 0 bridgehead atoms. The van der Waals surface area contributed by atoms with Gasteiger partial charge in [-0.3, -0.25) is 24.0 Å². The van der Waals surface area contributed by atoms with Crippen LogP contribution in [0, 0.1) is 5.92 Å². The molecule has 0 spiro atoms. The fourth-order valence-corrected chi connectivity index (χ4v) is 5.47. The van der Waals surface area contributed by atoms with Crippen molar-refractivity contribution < 1.29 is 24.0 Å². The molecule has 3 atom stereocenters. The Hall–Kier alpha value is -4.47. The molecular formula is C30H33N5O5. The van der Waals surface area contributed by atoms with E-state index < -0.39 is 35.6 Å². The monoisotopic (exact) mass is 543 g/mol. The van der Waals surface area contributed by atoms with Gasteiger partial charge in [0.05, 0.1) is 6.04 Å². The van der Waals surface area contributed by atoms with Crippen LogP contribution in [-0.2, 0) is 25.7 Å². The van der Waals surface area contributed by atoms with Gasteiger partial charge >= 0.3 is 0 Å². The third kappa shape index (κ3) is 6.06. The largest absolute Gasteiger partial charge is 0.356 e. The van der Waals surface area contributed by atoms with Crippen molar-refractivity contribution in [3.63, 3.8) is 0 Å². The van der Waals surface area contributed by atoms with E-state index in [4.69, 9.17) is 0 Å². The van der Waals surface area contributed by atoms with Crippen LogP contribution in [0.15, 0.2) is 60.7 Å². The zero-order valence-corrected chi connectivity index (χ0v) is 22.2. The van der Waals surface area contributed by atoms with Gasteiger partial charge in [-0.05, 0) is 49.8 Å². The van der Waals surface area contributed by atoms with Gasteiger partial charge in [-0.1, -0.05) is 48.5 Å². The van der Waals surface area contributed by atoms with Gasteiger partial charge < -0.3 is 25.8 Å². The molecule has 1 aromatic heterocycles. The van der Waals surface area contributed by atoms with Gasteiger partial charge in [0.2, 0.25) is 17.6 Å². The second-order valence-electron chi connectivity index (χ2n) is 10.4. The summed E-state index contributed by atoms with van der Waals surface area (Å²) in [4.78, 5) is 70.1. The van der Waals surface area contributed by atoms with Crippen LogP contribution in [0.25, 0.3) is 10.9 Å². The van der Waals surface area contributed by atoms with Crippen molar-refractivity contribution in [2.24, 2.45) is 5.92 Å². The van der Waals surface area contributed by atoms with E-state index in [1.807, 2.05) is 54.6 Å². The fourth-order valence-electron chi connectivity index (χ4n) is 5.47. The van der Waals surface area contributed by atoms with Gasteiger partial charge in [0.1, 0.15) is 11.7 Å². The molecule has 10 heteroatoms. The lowest BCUT2D eigenvalue weighted by molar-refractivity contribution is -0.141. The summed E-state index contributed by atoms with van der Waals surface area (Å²) in [6.07, 6.45) is 2.46. The number of carbonyl (C=O) groups excluding carboxylic acids is 5. The van der Waals surface area contributed by atoms with Crippen LogP contribution in [0.4, 0.5) is 0 Å². The van der Waals surface area contributed by atoms with E-state index in [2.05, 4.69) is 20.9 Å². The summed E-state index contributed by atoms with van der Waals surface area (Å²) < 4.78 is 0. The second kappa shape index (κ2) is 12.1. The highest BCUT2D eigenvalue weighted by Crippen LogP contribution is 2.23. The minimum absolute atomic E-state index is 0.0118. The van der Waals surface area contributed by atoms with Crippen LogP contribution in [0.2, 0.25) is 0 Å². The van der Waals surface area contributed by atoms with E-state index >= 15 is 0 Å². The van der Waals surface area contributed by atoms with Crippen LogP contribution in [-0.4, -0.2) is 64.5 Å². The van der Waals surface area contributed by atoms with Gasteiger partial charge in [0.15, 0.2) is 0 Å². The van der Waals surface area contributed by atoms with E-state index in [1.165, 1.54) is 4.90 Å². The van der Waals surface area contributed by atoms with Crippen molar-refractivity contribution in [2.75, 3.05) is 13.1 Å². The number of piperidine rings is 1. The first-order valence-corrected chi connectivity index (χ1v) is 13.7. The highest BCUT2D eigenvalue weighted by Gasteiger charge is 2.38. The molecule has 2 aromatic carbocycles. The highest BCUT2D eigenvalue weighted by molar-refractivity contribution is 6.38. The number of hydrogen-bond acceptors (Lipinski definition) is 5. The molecule has 2 saturated heterocycles. The SMILES string of the molecule is O=C(NCc1ccccc1)C(=O)C(CC1CCNC1=O)NC(=O)[C@@H]1CCCCN1C(=O)c1cc2ccccc2[nH]1. The Balaban J connectivity index is 1.31. The number of carbonyl (C=O) groups is 5. The standard InChI is InChI=1S/C30H33N5O5/c36-26(29(39)32-18-19-8-2-1-3-9-19)23(17-21-13-14-31-27(21)37)34-28(38)25-12-6-7-15-35(25)30(40)24-16-20-10-4-5-11-22(20)33-24/h1-5,8-11,16,21,23,25,33H,6-7,12-15,17-18H2,(H,31,37)(H,32,39)(H,34,38)/t21?,23?,25-/m0/s1. The normalized spacial score (nSPS) is 19.6. The number of aromatic amines is 1. The van der Waals surface area contributed by atoms with E-state index in [1.54, 1.807) is 6.07 Å². The van der Waals surface area contributed by atoms with Gasteiger partial charge in [-0.15, -0.1) is 0 Å². The van der Waals surface area contributed by atoms with E-state index in [0.717, 1.165) is 29.3 Å². The first-order valence-electron chi connectivity index (χ1n) is 13.7. The lowest BCUT2D eigenvalue weighted by Gasteiger charge is -2.35. The maximum Gasteiger partial charge on any atom is 0.289 e. The summed E-state index contributed by atoms with van der Waals surface area (Å²) in [5, 5.41) is 8.99. The van der Waals surface area contributed by atoms with E-state index in [-0.39, 0.29) is 24.8 Å². The number of amides is 4. The minimum atomic E-state index is -1.19. The number of hydrogen-bond donors (Lipinski definition) is 4. The first-order chi connectivity index (χ1) is 19.4. The molecule has 0 aliphatic carbocycles. The number of benzene rings is 2. The molecule has 10 nitrogen and oxygen atoms in total. The number of rotatable bonds is 9. The molecule has 2 aliphatic rings. The topological polar surface area (TPSA) is 140 Å². The molecule has 2 aliphatic heterocycles. The maximum absolute atomic E-state index is 13.6. The molecule has 4 N–H and O–H groups in total.